The van der Waals surface area contributed by atoms with Gasteiger partial charge < -0.3 is 10.4 Å². The minimum Gasteiger partial charge on any atom is -0.395 e. The van der Waals surface area contributed by atoms with Crippen LogP contribution in [0.25, 0.3) is 0 Å². The highest BCUT2D eigenvalue weighted by Gasteiger charge is 2.28. The van der Waals surface area contributed by atoms with Crippen LogP contribution in [0.15, 0.2) is 0 Å². The Hall–Kier alpha value is -0.120. The van der Waals surface area contributed by atoms with E-state index < -0.39 is 0 Å². The van der Waals surface area contributed by atoms with Gasteiger partial charge in [-0.3, -0.25) is 4.90 Å². The van der Waals surface area contributed by atoms with Crippen LogP contribution in [0, 0.1) is 0 Å². The lowest BCUT2D eigenvalue weighted by atomic mass is 10.1. The van der Waals surface area contributed by atoms with E-state index in [0.29, 0.717) is 18.1 Å². The Labute approximate surface area is 74.8 Å². The summed E-state index contributed by atoms with van der Waals surface area (Å²) in [5.74, 6) is 0. The van der Waals surface area contributed by atoms with E-state index >= 15 is 0 Å². The largest absolute Gasteiger partial charge is 0.395 e. The van der Waals surface area contributed by atoms with E-state index in [0.717, 1.165) is 13.1 Å². The second-order valence-electron chi connectivity index (χ2n) is 3.88. The molecular weight excluding hydrogens is 152 g/mol. The number of hydrogen-bond donors (Lipinski definition) is 2. The Morgan fingerprint density at radius 3 is 2.58 bits per heavy atom. The smallest absolute Gasteiger partial charge is 0.0599 e. The maximum absolute atomic E-state index is 9.15. The Kier molecular flexibility index (Phi) is 3.50. The van der Waals surface area contributed by atoms with Crippen LogP contribution in [0.2, 0.25) is 0 Å². The van der Waals surface area contributed by atoms with E-state index in [9.17, 15) is 0 Å². The summed E-state index contributed by atoms with van der Waals surface area (Å²) in [5, 5.41) is 12.5. The van der Waals surface area contributed by atoms with Crippen molar-refractivity contribution in [3.63, 3.8) is 0 Å². The molecule has 0 bridgehead atoms. The van der Waals surface area contributed by atoms with Crippen LogP contribution in [-0.2, 0) is 0 Å². The summed E-state index contributed by atoms with van der Waals surface area (Å²) in [4.78, 5) is 2.39. The van der Waals surface area contributed by atoms with Gasteiger partial charge in [-0.25, -0.2) is 0 Å². The summed E-state index contributed by atoms with van der Waals surface area (Å²) in [6, 6.07) is 1.36. The molecule has 0 amide bonds. The Morgan fingerprint density at radius 1 is 1.50 bits per heavy atom. The van der Waals surface area contributed by atoms with E-state index in [1.165, 1.54) is 0 Å². The second kappa shape index (κ2) is 4.21. The molecule has 1 saturated heterocycles. The average molecular weight is 172 g/mol. The highest BCUT2D eigenvalue weighted by atomic mass is 16.3. The van der Waals surface area contributed by atoms with Crippen LogP contribution in [0.3, 0.4) is 0 Å². The zero-order chi connectivity index (χ0) is 9.14. The number of aliphatic hydroxyl groups is 1. The van der Waals surface area contributed by atoms with Crippen LogP contribution in [0.1, 0.15) is 20.8 Å². The Balaban J connectivity index is 2.59. The van der Waals surface area contributed by atoms with Crippen LogP contribution < -0.4 is 5.32 Å². The monoisotopic (exact) mass is 172 g/mol. The van der Waals surface area contributed by atoms with Crippen molar-refractivity contribution >= 4 is 0 Å². The van der Waals surface area contributed by atoms with E-state index in [1.807, 2.05) is 0 Å². The molecule has 2 unspecified atom stereocenters. The summed E-state index contributed by atoms with van der Waals surface area (Å²) < 4.78 is 0. The SMILES string of the molecule is CC(C)N1C(C)CNCC1CO. The fraction of sp³-hybridized carbons (Fsp3) is 1.00. The lowest BCUT2D eigenvalue weighted by Crippen LogP contribution is -2.59. The van der Waals surface area contributed by atoms with Gasteiger partial charge in [0.1, 0.15) is 0 Å². The molecule has 0 saturated carbocycles. The molecule has 72 valence electrons. The molecular formula is C9H20N2O. The standard InChI is InChI=1S/C9H20N2O/c1-7(2)11-8(3)4-10-5-9(11)6-12/h7-10,12H,4-6H2,1-3H3. The highest BCUT2D eigenvalue weighted by Crippen LogP contribution is 2.13. The number of aliphatic hydroxyl groups excluding tert-OH is 1. The lowest BCUT2D eigenvalue weighted by molar-refractivity contribution is 0.0377. The molecule has 12 heavy (non-hydrogen) atoms. The summed E-state index contributed by atoms with van der Waals surface area (Å²) in [6.45, 7) is 8.78. The van der Waals surface area contributed by atoms with Gasteiger partial charge in [0, 0.05) is 31.2 Å². The van der Waals surface area contributed by atoms with Gasteiger partial charge in [-0.05, 0) is 20.8 Å². The fourth-order valence-electron chi connectivity index (χ4n) is 2.12. The predicted octanol–water partition coefficient (Wildman–Crippen LogP) is 0.0494. The van der Waals surface area contributed by atoms with Crippen molar-refractivity contribution in [1.82, 2.24) is 10.2 Å². The molecule has 1 heterocycles. The molecule has 2 N–H and O–H groups in total. The maximum Gasteiger partial charge on any atom is 0.0599 e. The first kappa shape index (κ1) is 9.96. The number of nitrogens with zero attached hydrogens (tertiary/aromatic N) is 1. The quantitative estimate of drug-likeness (QED) is 0.618. The van der Waals surface area contributed by atoms with Crippen molar-refractivity contribution in [3.8, 4) is 0 Å². The minimum absolute atomic E-state index is 0.259. The van der Waals surface area contributed by atoms with E-state index in [2.05, 4.69) is 31.0 Å². The van der Waals surface area contributed by atoms with Gasteiger partial charge in [-0.2, -0.15) is 0 Å². The van der Waals surface area contributed by atoms with Crippen molar-refractivity contribution in [1.29, 1.82) is 0 Å². The van der Waals surface area contributed by atoms with Gasteiger partial charge in [0.2, 0.25) is 0 Å². The molecule has 1 aliphatic rings. The maximum atomic E-state index is 9.15. The number of rotatable bonds is 2. The Bertz CT molecular complexity index is 138. The minimum atomic E-state index is 0.259. The summed E-state index contributed by atoms with van der Waals surface area (Å²) in [7, 11) is 0. The van der Waals surface area contributed by atoms with E-state index in [4.69, 9.17) is 5.11 Å². The zero-order valence-corrected chi connectivity index (χ0v) is 8.25. The fourth-order valence-corrected chi connectivity index (χ4v) is 2.12. The van der Waals surface area contributed by atoms with Crippen LogP contribution in [-0.4, -0.2) is 47.8 Å². The van der Waals surface area contributed by atoms with Crippen molar-refractivity contribution in [2.45, 2.75) is 38.9 Å². The lowest BCUT2D eigenvalue weighted by Gasteiger charge is -2.42. The molecule has 0 radical (unpaired) electrons. The average Bonchev–Trinajstić information content (AvgIpc) is 2.03. The van der Waals surface area contributed by atoms with Gasteiger partial charge >= 0.3 is 0 Å². The van der Waals surface area contributed by atoms with Gasteiger partial charge in [0.15, 0.2) is 0 Å². The Morgan fingerprint density at radius 2 is 2.17 bits per heavy atom. The van der Waals surface area contributed by atoms with Crippen LogP contribution in [0.5, 0.6) is 0 Å². The van der Waals surface area contributed by atoms with Gasteiger partial charge in [0.05, 0.1) is 6.61 Å². The van der Waals surface area contributed by atoms with Crippen molar-refractivity contribution in [2.24, 2.45) is 0 Å². The summed E-state index contributed by atoms with van der Waals surface area (Å²) in [6.07, 6.45) is 0. The topological polar surface area (TPSA) is 35.5 Å². The van der Waals surface area contributed by atoms with Crippen molar-refractivity contribution in [2.75, 3.05) is 19.7 Å². The molecule has 2 atom stereocenters. The molecule has 0 aliphatic carbocycles. The molecule has 1 aliphatic heterocycles. The predicted molar refractivity (Wildman–Crippen MR) is 50.2 cm³/mol. The highest BCUT2D eigenvalue weighted by molar-refractivity contribution is 4.86. The van der Waals surface area contributed by atoms with Crippen LogP contribution >= 0.6 is 0 Å². The number of piperazine rings is 1. The molecule has 1 rings (SSSR count). The van der Waals surface area contributed by atoms with Crippen molar-refractivity contribution < 1.29 is 5.11 Å². The summed E-state index contributed by atoms with van der Waals surface area (Å²) >= 11 is 0. The number of hydrogen-bond acceptors (Lipinski definition) is 3. The first-order valence-electron chi connectivity index (χ1n) is 4.75. The van der Waals surface area contributed by atoms with E-state index in [-0.39, 0.29) is 6.61 Å². The third-order valence-corrected chi connectivity index (χ3v) is 2.56. The molecule has 0 aromatic rings. The molecule has 0 aromatic carbocycles. The number of nitrogens with one attached hydrogen (secondary N) is 1. The van der Waals surface area contributed by atoms with Crippen molar-refractivity contribution in [3.05, 3.63) is 0 Å². The molecule has 3 heteroatoms. The van der Waals surface area contributed by atoms with Crippen LogP contribution in [0.4, 0.5) is 0 Å². The first-order valence-corrected chi connectivity index (χ1v) is 4.75. The third-order valence-electron chi connectivity index (χ3n) is 2.56. The second-order valence-corrected chi connectivity index (χ2v) is 3.88. The third kappa shape index (κ3) is 1.97. The normalized spacial score (nSPS) is 32.8. The molecule has 0 spiro atoms. The first-order chi connectivity index (χ1) is 5.66. The van der Waals surface area contributed by atoms with Gasteiger partial charge in [-0.1, -0.05) is 0 Å². The molecule has 1 fully saturated rings. The summed E-state index contributed by atoms with van der Waals surface area (Å²) in [5.41, 5.74) is 0. The van der Waals surface area contributed by atoms with Gasteiger partial charge in [-0.15, -0.1) is 0 Å². The molecule has 3 nitrogen and oxygen atoms in total. The zero-order valence-electron chi connectivity index (χ0n) is 8.25. The molecule has 0 aromatic heterocycles. The van der Waals surface area contributed by atoms with Gasteiger partial charge in [0.25, 0.3) is 0 Å². The van der Waals surface area contributed by atoms with E-state index in [1.54, 1.807) is 0 Å².